The van der Waals surface area contributed by atoms with E-state index in [1.165, 1.54) is 12.1 Å². The number of hydrogen-bond acceptors (Lipinski definition) is 5. The zero-order valence-corrected chi connectivity index (χ0v) is 14.5. The summed E-state index contributed by atoms with van der Waals surface area (Å²) >= 11 is 0. The monoisotopic (exact) mass is 317 g/mol. The number of fused-ring (bicyclic) bond motifs is 1. The first-order valence-electron chi connectivity index (χ1n) is 8.14. The van der Waals surface area contributed by atoms with Gasteiger partial charge in [-0.25, -0.2) is 4.98 Å². The SMILES string of the molecule is CN(C)C1CCN(c2ccc3c(c2)nc(N)n3CC(C)(C)O)C1. The van der Waals surface area contributed by atoms with E-state index in [2.05, 4.69) is 47.1 Å². The first-order valence-corrected chi connectivity index (χ1v) is 8.14. The van der Waals surface area contributed by atoms with Gasteiger partial charge in [-0.2, -0.15) is 0 Å². The van der Waals surface area contributed by atoms with Gasteiger partial charge in [0.2, 0.25) is 5.95 Å². The predicted octanol–water partition coefficient (Wildman–Crippen LogP) is 1.53. The molecule has 6 heteroatoms. The number of rotatable bonds is 4. The molecule has 3 N–H and O–H groups in total. The van der Waals surface area contributed by atoms with Crippen LogP contribution in [0.3, 0.4) is 0 Å². The second-order valence-corrected chi connectivity index (χ2v) is 7.39. The van der Waals surface area contributed by atoms with Crippen LogP contribution < -0.4 is 10.6 Å². The normalized spacial score (nSPS) is 19.2. The Morgan fingerprint density at radius 1 is 1.39 bits per heavy atom. The Morgan fingerprint density at radius 3 is 2.74 bits per heavy atom. The van der Waals surface area contributed by atoms with Crippen LogP contribution in [0.1, 0.15) is 20.3 Å². The maximum absolute atomic E-state index is 10.1. The van der Waals surface area contributed by atoms with Crippen molar-refractivity contribution >= 4 is 22.7 Å². The molecule has 1 saturated heterocycles. The Balaban J connectivity index is 1.89. The van der Waals surface area contributed by atoms with Crippen molar-refractivity contribution in [1.82, 2.24) is 14.5 Å². The number of aromatic nitrogens is 2. The number of nitrogens with zero attached hydrogens (tertiary/aromatic N) is 4. The van der Waals surface area contributed by atoms with Crippen molar-refractivity contribution in [2.45, 2.75) is 38.5 Å². The molecule has 2 aromatic rings. The molecule has 1 aromatic heterocycles. The van der Waals surface area contributed by atoms with Crippen molar-refractivity contribution in [3.05, 3.63) is 18.2 Å². The predicted molar refractivity (Wildman–Crippen MR) is 94.7 cm³/mol. The summed E-state index contributed by atoms with van der Waals surface area (Å²) < 4.78 is 1.88. The average Bonchev–Trinajstić information content (AvgIpc) is 3.03. The van der Waals surface area contributed by atoms with E-state index in [-0.39, 0.29) is 0 Å². The van der Waals surface area contributed by atoms with E-state index in [0.29, 0.717) is 18.5 Å². The van der Waals surface area contributed by atoms with Gasteiger partial charge in [0.25, 0.3) is 0 Å². The van der Waals surface area contributed by atoms with Gasteiger partial charge in [0.1, 0.15) is 0 Å². The topological polar surface area (TPSA) is 70.5 Å². The summed E-state index contributed by atoms with van der Waals surface area (Å²) in [7, 11) is 4.27. The van der Waals surface area contributed by atoms with Crippen LogP contribution >= 0.6 is 0 Å². The van der Waals surface area contributed by atoms with Gasteiger partial charge in [0.05, 0.1) is 23.2 Å². The molecule has 0 aliphatic carbocycles. The Bertz CT molecular complexity index is 701. The smallest absolute Gasteiger partial charge is 0.201 e. The first kappa shape index (κ1) is 16.1. The van der Waals surface area contributed by atoms with Crippen LogP contribution in [0, 0.1) is 0 Å². The minimum absolute atomic E-state index is 0.432. The Labute approximate surface area is 137 Å². The molecule has 3 rings (SSSR count). The lowest BCUT2D eigenvalue weighted by atomic mass is 10.1. The molecule has 1 atom stereocenters. The van der Waals surface area contributed by atoms with Crippen LogP contribution in [0.25, 0.3) is 11.0 Å². The van der Waals surface area contributed by atoms with Crippen molar-refractivity contribution in [3.8, 4) is 0 Å². The van der Waals surface area contributed by atoms with Crippen LogP contribution in [0.15, 0.2) is 18.2 Å². The second-order valence-electron chi connectivity index (χ2n) is 7.39. The molecule has 6 nitrogen and oxygen atoms in total. The average molecular weight is 317 g/mol. The Kier molecular flexibility index (Phi) is 3.98. The molecule has 0 radical (unpaired) electrons. The summed E-state index contributed by atoms with van der Waals surface area (Å²) in [5, 5.41) is 10.1. The fraction of sp³-hybridized carbons (Fsp3) is 0.588. The molecule has 1 unspecified atom stereocenters. The van der Waals surface area contributed by atoms with Crippen LogP contribution in [-0.2, 0) is 6.54 Å². The highest BCUT2D eigenvalue weighted by atomic mass is 16.3. The second kappa shape index (κ2) is 5.69. The lowest BCUT2D eigenvalue weighted by Crippen LogP contribution is -2.31. The quantitative estimate of drug-likeness (QED) is 0.895. The van der Waals surface area contributed by atoms with Gasteiger partial charge in [-0.1, -0.05) is 0 Å². The van der Waals surface area contributed by atoms with E-state index < -0.39 is 5.60 Å². The minimum atomic E-state index is -0.825. The third-order valence-electron chi connectivity index (χ3n) is 4.57. The number of nitrogen functional groups attached to an aromatic ring is 1. The van der Waals surface area contributed by atoms with Crippen molar-refractivity contribution in [1.29, 1.82) is 0 Å². The Morgan fingerprint density at radius 2 is 2.13 bits per heavy atom. The highest BCUT2D eigenvalue weighted by Crippen LogP contribution is 2.28. The fourth-order valence-electron chi connectivity index (χ4n) is 3.28. The number of aliphatic hydroxyl groups is 1. The van der Waals surface area contributed by atoms with Gasteiger partial charge in [-0.3, -0.25) is 0 Å². The number of hydrogen-bond donors (Lipinski definition) is 2. The number of anilines is 2. The summed E-state index contributed by atoms with van der Waals surface area (Å²) in [6.07, 6.45) is 1.18. The number of imidazole rings is 1. The van der Waals surface area contributed by atoms with Crippen LogP contribution in [0.2, 0.25) is 0 Å². The van der Waals surface area contributed by atoms with Gasteiger partial charge in [0.15, 0.2) is 0 Å². The summed E-state index contributed by atoms with van der Waals surface area (Å²) in [5.41, 5.74) is 8.27. The molecule has 0 spiro atoms. The lowest BCUT2D eigenvalue weighted by molar-refractivity contribution is 0.0633. The molecule has 0 bridgehead atoms. The Hall–Kier alpha value is -1.79. The van der Waals surface area contributed by atoms with Crippen LogP contribution in [-0.4, -0.2) is 58.4 Å². The van der Waals surface area contributed by atoms with Gasteiger partial charge in [0, 0.05) is 24.8 Å². The maximum Gasteiger partial charge on any atom is 0.201 e. The van der Waals surface area contributed by atoms with E-state index in [0.717, 1.165) is 24.1 Å². The van der Waals surface area contributed by atoms with E-state index in [9.17, 15) is 5.11 Å². The van der Waals surface area contributed by atoms with E-state index in [1.54, 1.807) is 13.8 Å². The van der Waals surface area contributed by atoms with Gasteiger partial charge in [-0.05, 0) is 52.6 Å². The highest BCUT2D eigenvalue weighted by Gasteiger charge is 2.25. The van der Waals surface area contributed by atoms with Crippen molar-refractivity contribution < 1.29 is 5.11 Å². The molecule has 1 fully saturated rings. The van der Waals surface area contributed by atoms with Gasteiger partial charge in [-0.15, -0.1) is 0 Å². The summed E-state index contributed by atoms with van der Waals surface area (Å²) in [5.74, 6) is 0.451. The summed E-state index contributed by atoms with van der Waals surface area (Å²) in [6.45, 7) is 6.09. The van der Waals surface area contributed by atoms with Crippen LogP contribution in [0.5, 0.6) is 0 Å². The summed E-state index contributed by atoms with van der Waals surface area (Å²) in [4.78, 5) is 9.16. The van der Waals surface area contributed by atoms with E-state index in [1.807, 2.05) is 4.57 Å². The van der Waals surface area contributed by atoms with Crippen LogP contribution in [0.4, 0.5) is 11.6 Å². The molecule has 0 saturated carbocycles. The molecule has 23 heavy (non-hydrogen) atoms. The molecular formula is C17H27N5O. The molecule has 1 aliphatic rings. The fourth-order valence-corrected chi connectivity index (χ4v) is 3.28. The van der Waals surface area contributed by atoms with Gasteiger partial charge < -0.3 is 25.2 Å². The zero-order valence-electron chi connectivity index (χ0n) is 14.5. The highest BCUT2D eigenvalue weighted by molar-refractivity contribution is 5.82. The number of nitrogens with two attached hydrogens (primary N) is 1. The van der Waals surface area contributed by atoms with Crippen molar-refractivity contribution in [3.63, 3.8) is 0 Å². The third kappa shape index (κ3) is 3.28. The molecule has 1 aromatic carbocycles. The molecule has 2 heterocycles. The largest absolute Gasteiger partial charge is 0.389 e. The molecule has 0 amide bonds. The molecule has 126 valence electrons. The van der Waals surface area contributed by atoms with Crippen molar-refractivity contribution in [2.24, 2.45) is 0 Å². The van der Waals surface area contributed by atoms with Crippen molar-refractivity contribution in [2.75, 3.05) is 37.8 Å². The molecule has 1 aliphatic heterocycles. The van der Waals surface area contributed by atoms with E-state index in [4.69, 9.17) is 5.73 Å². The number of benzene rings is 1. The zero-order chi connectivity index (χ0) is 16.8. The lowest BCUT2D eigenvalue weighted by Gasteiger charge is -2.22. The van der Waals surface area contributed by atoms with E-state index >= 15 is 0 Å². The summed E-state index contributed by atoms with van der Waals surface area (Å²) in [6, 6.07) is 6.89. The standard InChI is InChI=1S/C17H27N5O/c1-17(2,23)11-22-15-6-5-12(9-14(15)19-16(22)18)21-8-7-13(10-21)20(3)4/h5-6,9,13,23H,7-8,10-11H2,1-4H3,(H2,18,19). The first-order chi connectivity index (χ1) is 10.7. The maximum atomic E-state index is 10.1. The molecular weight excluding hydrogens is 290 g/mol. The third-order valence-corrected chi connectivity index (χ3v) is 4.57. The minimum Gasteiger partial charge on any atom is -0.389 e. The van der Waals surface area contributed by atoms with Gasteiger partial charge >= 0.3 is 0 Å². The number of likely N-dealkylation sites (N-methyl/N-ethyl adjacent to an activating group) is 1.